The third-order valence-corrected chi connectivity index (χ3v) is 4.82. The van der Waals surface area contributed by atoms with Crippen molar-refractivity contribution in [2.45, 2.75) is 84.5 Å². The molecule has 2 amide bonds. The number of carbonyl (C=O) groups is 3. The van der Waals surface area contributed by atoms with Gasteiger partial charge in [0.15, 0.2) is 0 Å². The molecule has 7 heteroatoms. The average Bonchev–Trinajstić information content (AvgIpc) is 2.71. The lowest BCUT2D eigenvalue weighted by atomic mass is 9.74. The summed E-state index contributed by atoms with van der Waals surface area (Å²) in [6.45, 7) is 12.0. The van der Waals surface area contributed by atoms with Gasteiger partial charge < -0.3 is 19.7 Å². The van der Waals surface area contributed by atoms with Crippen molar-refractivity contribution in [3.63, 3.8) is 0 Å². The van der Waals surface area contributed by atoms with Gasteiger partial charge in [-0.15, -0.1) is 0 Å². The Morgan fingerprint density at radius 3 is 2.08 bits per heavy atom. The summed E-state index contributed by atoms with van der Waals surface area (Å²) < 4.78 is 10.8. The Labute approximate surface area is 155 Å². The Bertz CT molecular complexity index is 565. The smallest absolute Gasteiger partial charge is 0.410 e. The maximum atomic E-state index is 12.2. The molecule has 7 nitrogen and oxygen atoms in total. The van der Waals surface area contributed by atoms with E-state index in [1.165, 1.54) is 0 Å². The van der Waals surface area contributed by atoms with E-state index in [-0.39, 0.29) is 23.3 Å². The van der Waals surface area contributed by atoms with Crippen LogP contribution in [0.5, 0.6) is 0 Å². The highest BCUT2D eigenvalue weighted by atomic mass is 16.6. The van der Waals surface area contributed by atoms with Gasteiger partial charge in [0.1, 0.15) is 17.0 Å². The molecular weight excluding hydrogens is 336 g/mol. The molecule has 1 saturated heterocycles. The third kappa shape index (κ3) is 5.35. The zero-order valence-electron chi connectivity index (χ0n) is 16.8. The van der Waals surface area contributed by atoms with Gasteiger partial charge in [-0.25, -0.2) is 9.59 Å². The number of hydrogen-bond acceptors (Lipinski definition) is 5. The quantitative estimate of drug-likeness (QED) is 0.768. The van der Waals surface area contributed by atoms with Crippen molar-refractivity contribution >= 4 is 18.0 Å². The van der Waals surface area contributed by atoms with E-state index in [2.05, 4.69) is 5.32 Å². The lowest BCUT2D eigenvalue weighted by molar-refractivity contribution is -0.118. The van der Waals surface area contributed by atoms with E-state index in [1.807, 2.05) is 41.5 Å². The number of likely N-dealkylation sites (tertiary alicyclic amines) is 1. The molecule has 1 aliphatic heterocycles. The van der Waals surface area contributed by atoms with Crippen LogP contribution in [0.3, 0.4) is 0 Å². The molecule has 2 aliphatic rings. The minimum absolute atomic E-state index is 0.150. The fraction of sp³-hybridized carbons (Fsp3) is 0.842. The van der Waals surface area contributed by atoms with Crippen LogP contribution in [0.1, 0.15) is 67.2 Å². The van der Waals surface area contributed by atoms with Gasteiger partial charge >= 0.3 is 12.2 Å². The molecule has 1 aliphatic carbocycles. The Balaban J connectivity index is 1.99. The van der Waals surface area contributed by atoms with Gasteiger partial charge in [-0.05, 0) is 54.4 Å². The van der Waals surface area contributed by atoms with Crippen molar-refractivity contribution < 1.29 is 23.9 Å². The SMILES string of the molecule is CC(C)(C)OC(=O)N[C@H]1CC(=O)CC12CCN(C(=O)OC(C)(C)C)CC2. The van der Waals surface area contributed by atoms with Gasteiger partial charge in [-0.2, -0.15) is 0 Å². The number of Topliss-reactive ketones (excluding diaryl/α,β-unsaturated/α-hetero) is 1. The van der Waals surface area contributed by atoms with Crippen molar-refractivity contribution in [1.82, 2.24) is 10.2 Å². The minimum atomic E-state index is -0.583. The molecule has 0 aromatic heterocycles. The maximum absolute atomic E-state index is 12.2. The molecule has 0 unspecified atom stereocenters. The van der Waals surface area contributed by atoms with Gasteiger partial charge in [0, 0.05) is 37.4 Å². The number of hydrogen-bond donors (Lipinski definition) is 1. The zero-order chi connectivity index (χ0) is 19.8. The fourth-order valence-electron chi connectivity index (χ4n) is 3.67. The van der Waals surface area contributed by atoms with E-state index in [0.717, 1.165) is 0 Å². The summed E-state index contributed by atoms with van der Waals surface area (Å²) in [7, 11) is 0. The highest BCUT2D eigenvalue weighted by Crippen LogP contribution is 2.45. The van der Waals surface area contributed by atoms with E-state index in [4.69, 9.17) is 9.47 Å². The third-order valence-electron chi connectivity index (χ3n) is 4.82. The van der Waals surface area contributed by atoms with Crippen LogP contribution in [0.15, 0.2) is 0 Å². The standard InChI is InChI=1S/C19H32N2O5/c1-17(2,3)25-15(23)20-14-11-13(22)12-19(14)7-9-21(10-8-19)16(24)26-18(4,5)6/h14H,7-12H2,1-6H3,(H,20,23)/t14-/m0/s1. The predicted molar refractivity (Wildman–Crippen MR) is 96.9 cm³/mol. The van der Waals surface area contributed by atoms with Crippen molar-refractivity contribution in [2.24, 2.45) is 5.41 Å². The first kappa shape index (κ1) is 20.5. The molecule has 0 aromatic carbocycles. The van der Waals surface area contributed by atoms with Crippen molar-refractivity contribution in [2.75, 3.05) is 13.1 Å². The topological polar surface area (TPSA) is 84.9 Å². The normalized spacial score (nSPS) is 23.1. The number of rotatable bonds is 1. The van der Waals surface area contributed by atoms with Crippen LogP contribution >= 0.6 is 0 Å². The first-order valence-electron chi connectivity index (χ1n) is 9.29. The van der Waals surface area contributed by atoms with Crippen molar-refractivity contribution in [3.8, 4) is 0 Å². The Morgan fingerprint density at radius 2 is 1.58 bits per heavy atom. The zero-order valence-corrected chi connectivity index (χ0v) is 16.8. The molecule has 2 rings (SSSR count). The molecule has 26 heavy (non-hydrogen) atoms. The summed E-state index contributed by atoms with van der Waals surface area (Å²) >= 11 is 0. The largest absolute Gasteiger partial charge is 0.444 e. The molecule has 1 spiro atoms. The monoisotopic (exact) mass is 368 g/mol. The number of nitrogens with one attached hydrogen (secondary N) is 1. The number of amides is 2. The molecule has 0 radical (unpaired) electrons. The van der Waals surface area contributed by atoms with Crippen LogP contribution in [0.4, 0.5) is 9.59 Å². The van der Waals surface area contributed by atoms with Gasteiger partial charge in [0.25, 0.3) is 0 Å². The highest BCUT2D eigenvalue weighted by molar-refractivity contribution is 5.84. The molecule has 0 bridgehead atoms. The molecule has 1 saturated carbocycles. The van der Waals surface area contributed by atoms with E-state index in [0.29, 0.717) is 38.8 Å². The Kier molecular flexibility index (Phi) is 5.59. The summed E-state index contributed by atoms with van der Waals surface area (Å²) in [5, 5.41) is 2.89. The van der Waals surface area contributed by atoms with E-state index in [9.17, 15) is 14.4 Å². The van der Waals surface area contributed by atoms with Gasteiger partial charge in [0.05, 0.1) is 0 Å². The second-order valence-electron chi connectivity index (χ2n) is 9.45. The Morgan fingerprint density at radius 1 is 1.04 bits per heavy atom. The molecule has 1 N–H and O–H groups in total. The molecule has 2 fully saturated rings. The molecule has 148 valence electrons. The van der Waals surface area contributed by atoms with E-state index >= 15 is 0 Å². The summed E-state index contributed by atoms with van der Waals surface area (Å²) in [6.07, 6.45) is 1.28. The first-order chi connectivity index (χ1) is 11.8. The van der Waals surface area contributed by atoms with Crippen molar-refractivity contribution in [3.05, 3.63) is 0 Å². The maximum Gasteiger partial charge on any atom is 0.410 e. The minimum Gasteiger partial charge on any atom is -0.444 e. The van der Waals surface area contributed by atoms with Crippen molar-refractivity contribution in [1.29, 1.82) is 0 Å². The van der Waals surface area contributed by atoms with Crippen LogP contribution in [0, 0.1) is 5.41 Å². The number of ether oxygens (including phenoxy) is 2. The predicted octanol–water partition coefficient (Wildman–Crippen LogP) is 3.26. The lowest BCUT2D eigenvalue weighted by Crippen LogP contribution is -2.52. The molecular formula is C19H32N2O5. The Hall–Kier alpha value is -1.79. The highest BCUT2D eigenvalue weighted by Gasteiger charge is 2.50. The lowest BCUT2D eigenvalue weighted by Gasteiger charge is -2.42. The molecule has 0 aromatic rings. The number of piperidine rings is 1. The van der Waals surface area contributed by atoms with Crippen LogP contribution in [0.2, 0.25) is 0 Å². The summed E-state index contributed by atoms with van der Waals surface area (Å²) in [4.78, 5) is 38.2. The molecule has 1 atom stereocenters. The number of carbonyl (C=O) groups excluding carboxylic acids is 3. The van der Waals surface area contributed by atoms with Crippen LogP contribution < -0.4 is 5.32 Å². The van der Waals surface area contributed by atoms with Gasteiger partial charge in [-0.3, -0.25) is 4.79 Å². The average molecular weight is 368 g/mol. The first-order valence-corrected chi connectivity index (χ1v) is 9.29. The second-order valence-corrected chi connectivity index (χ2v) is 9.45. The number of nitrogens with zero attached hydrogens (tertiary/aromatic N) is 1. The van der Waals surface area contributed by atoms with Gasteiger partial charge in [-0.1, -0.05) is 0 Å². The second kappa shape index (κ2) is 7.08. The van der Waals surface area contributed by atoms with Gasteiger partial charge in [0.2, 0.25) is 0 Å². The molecule has 1 heterocycles. The van der Waals surface area contributed by atoms with E-state index in [1.54, 1.807) is 4.90 Å². The van der Waals surface area contributed by atoms with Crippen LogP contribution in [0.25, 0.3) is 0 Å². The van der Waals surface area contributed by atoms with Crippen LogP contribution in [-0.2, 0) is 14.3 Å². The summed E-state index contributed by atoms with van der Waals surface area (Å²) in [6, 6.07) is -0.245. The summed E-state index contributed by atoms with van der Waals surface area (Å²) in [5.41, 5.74) is -1.41. The number of ketones is 1. The van der Waals surface area contributed by atoms with Crippen LogP contribution in [-0.4, -0.2) is 53.2 Å². The number of alkyl carbamates (subject to hydrolysis) is 1. The van der Waals surface area contributed by atoms with E-state index < -0.39 is 17.3 Å². The fourth-order valence-corrected chi connectivity index (χ4v) is 3.67. The summed E-state index contributed by atoms with van der Waals surface area (Å²) in [5.74, 6) is 0.150.